The maximum absolute atomic E-state index is 12.1. The molecule has 15 heavy (non-hydrogen) atoms. The number of nitrogen functional groups attached to an aromatic ring is 1. The first-order chi connectivity index (χ1) is 7.27. The van der Waals surface area contributed by atoms with E-state index in [1.807, 2.05) is 24.3 Å². The SMILES string of the molecule is Nc1ccc(C(=O)C2C3CCCC32)cc1. The van der Waals surface area contributed by atoms with Gasteiger partial charge >= 0.3 is 0 Å². The van der Waals surface area contributed by atoms with Gasteiger partial charge in [-0.25, -0.2) is 0 Å². The first-order valence-electron chi connectivity index (χ1n) is 5.67. The molecule has 0 heterocycles. The Hall–Kier alpha value is -1.31. The number of nitrogens with two attached hydrogens (primary N) is 1. The zero-order valence-electron chi connectivity index (χ0n) is 8.65. The van der Waals surface area contributed by atoms with Gasteiger partial charge in [-0.3, -0.25) is 4.79 Å². The zero-order valence-corrected chi connectivity index (χ0v) is 8.65. The average Bonchev–Trinajstić information content (AvgIpc) is 2.72. The molecule has 0 radical (unpaired) electrons. The van der Waals surface area contributed by atoms with Gasteiger partial charge in [-0.1, -0.05) is 6.42 Å². The summed E-state index contributed by atoms with van der Waals surface area (Å²) in [5, 5.41) is 0. The highest BCUT2D eigenvalue weighted by atomic mass is 16.1. The molecule has 0 bridgehead atoms. The van der Waals surface area contributed by atoms with Gasteiger partial charge in [0.05, 0.1) is 0 Å². The molecule has 2 saturated carbocycles. The van der Waals surface area contributed by atoms with Crippen molar-refractivity contribution in [1.29, 1.82) is 0 Å². The first kappa shape index (κ1) is 8.96. The van der Waals surface area contributed by atoms with E-state index in [-0.39, 0.29) is 0 Å². The summed E-state index contributed by atoms with van der Waals surface area (Å²) >= 11 is 0. The van der Waals surface area contributed by atoms with E-state index in [9.17, 15) is 4.79 Å². The van der Waals surface area contributed by atoms with Crippen molar-refractivity contribution < 1.29 is 4.79 Å². The normalized spacial score (nSPS) is 32.4. The van der Waals surface area contributed by atoms with Gasteiger partial charge in [-0.2, -0.15) is 0 Å². The second kappa shape index (κ2) is 3.09. The summed E-state index contributed by atoms with van der Waals surface area (Å²) in [6.07, 6.45) is 3.84. The van der Waals surface area contributed by atoms with Crippen molar-refractivity contribution in [3.05, 3.63) is 29.8 Å². The van der Waals surface area contributed by atoms with Crippen molar-refractivity contribution in [2.45, 2.75) is 19.3 Å². The molecule has 2 aliphatic rings. The second-order valence-corrected chi connectivity index (χ2v) is 4.77. The number of hydrogen-bond acceptors (Lipinski definition) is 2. The smallest absolute Gasteiger partial charge is 0.166 e. The molecule has 2 heteroatoms. The Kier molecular flexibility index (Phi) is 1.84. The highest BCUT2D eigenvalue weighted by molar-refractivity contribution is 6.00. The van der Waals surface area contributed by atoms with E-state index in [4.69, 9.17) is 5.73 Å². The fraction of sp³-hybridized carbons (Fsp3) is 0.462. The minimum atomic E-state index is 0.336. The van der Waals surface area contributed by atoms with Crippen molar-refractivity contribution >= 4 is 11.5 Å². The van der Waals surface area contributed by atoms with Crippen molar-refractivity contribution in [2.75, 3.05) is 5.73 Å². The second-order valence-electron chi connectivity index (χ2n) is 4.77. The summed E-state index contributed by atoms with van der Waals surface area (Å²) in [4.78, 5) is 12.1. The van der Waals surface area contributed by atoms with Crippen molar-refractivity contribution in [2.24, 2.45) is 17.8 Å². The van der Waals surface area contributed by atoms with Crippen LogP contribution in [0.15, 0.2) is 24.3 Å². The standard InChI is InChI=1S/C13H15NO/c14-9-6-4-8(5-7-9)13(15)12-10-2-1-3-11(10)12/h4-7,10-12H,1-3,14H2. The summed E-state index contributed by atoms with van der Waals surface area (Å²) in [6.45, 7) is 0. The van der Waals surface area contributed by atoms with Gasteiger partial charge in [0.1, 0.15) is 0 Å². The molecule has 3 rings (SSSR count). The van der Waals surface area contributed by atoms with Crippen LogP contribution >= 0.6 is 0 Å². The number of rotatable bonds is 2. The van der Waals surface area contributed by atoms with Crippen molar-refractivity contribution in [3.63, 3.8) is 0 Å². The topological polar surface area (TPSA) is 43.1 Å². The molecule has 2 nitrogen and oxygen atoms in total. The van der Waals surface area contributed by atoms with Crippen LogP contribution in [0.1, 0.15) is 29.6 Å². The maximum Gasteiger partial charge on any atom is 0.166 e. The third kappa shape index (κ3) is 1.36. The third-order valence-electron chi connectivity index (χ3n) is 3.90. The molecule has 0 spiro atoms. The quantitative estimate of drug-likeness (QED) is 0.590. The van der Waals surface area contributed by atoms with Gasteiger partial charge in [-0.05, 0) is 48.9 Å². The number of anilines is 1. The Labute approximate surface area is 89.5 Å². The van der Waals surface area contributed by atoms with Crippen LogP contribution in [-0.2, 0) is 0 Å². The fourth-order valence-corrected chi connectivity index (χ4v) is 3.05. The van der Waals surface area contributed by atoms with Crippen LogP contribution in [0.3, 0.4) is 0 Å². The van der Waals surface area contributed by atoms with Crippen LogP contribution in [0.25, 0.3) is 0 Å². The van der Waals surface area contributed by atoms with Gasteiger partial charge in [0.25, 0.3) is 0 Å². The van der Waals surface area contributed by atoms with Crippen molar-refractivity contribution in [1.82, 2.24) is 0 Å². The molecule has 1 aromatic carbocycles. The van der Waals surface area contributed by atoms with Crippen molar-refractivity contribution in [3.8, 4) is 0 Å². The Balaban J connectivity index is 1.78. The number of hydrogen-bond donors (Lipinski definition) is 1. The minimum absolute atomic E-state index is 0.336. The molecule has 2 fully saturated rings. The summed E-state index contributed by atoms with van der Waals surface area (Å²) in [5.74, 6) is 2.08. The van der Waals surface area contributed by atoms with Gasteiger partial charge < -0.3 is 5.73 Å². The van der Waals surface area contributed by atoms with E-state index in [0.717, 1.165) is 11.3 Å². The lowest BCUT2D eigenvalue weighted by molar-refractivity contribution is 0.0951. The molecule has 0 aliphatic heterocycles. The van der Waals surface area contributed by atoms with Crippen LogP contribution < -0.4 is 5.73 Å². The molecule has 2 unspecified atom stereocenters. The lowest BCUT2D eigenvalue weighted by Gasteiger charge is -2.03. The number of Topliss-reactive ketones (excluding diaryl/α,β-unsaturated/α-hetero) is 1. The average molecular weight is 201 g/mol. The van der Waals surface area contributed by atoms with Crippen LogP contribution in [0.2, 0.25) is 0 Å². The largest absolute Gasteiger partial charge is 0.399 e. The third-order valence-corrected chi connectivity index (χ3v) is 3.90. The van der Waals surface area contributed by atoms with Gasteiger partial charge in [-0.15, -0.1) is 0 Å². The molecular weight excluding hydrogens is 186 g/mol. The Morgan fingerprint density at radius 2 is 1.73 bits per heavy atom. The van der Waals surface area contributed by atoms with Gasteiger partial charge in [0.2, 0.25) is 0 Å². The highest BCUT2D eigenvalue weighted by Gasteiger charge is 2.56. The van der Waals surface area contributed by atoms with E-state index in [0.29, 0.717) is 23.5 Å². The molecule has 1 aromatic rings. The number of ketones is 1. The molecule has 0 aromatic heterocycles. The van der Waals surface area contributed by atoms with Gasteiger partial charge in [0.15, 0.2) is 5.78 Å². The summed E-state index contributed by atoms with van der Waals surface area (Å²) in [5.41, 5.74) is 7.16. The van der Waals surface area contributed by atoms with Crippen LogP contribution in [0.5, 0.6) is 0 Å². The van der Waals surface area contributed by atoms with E-state index in [2.05, 4.69) is 0 Å². The van der Waals surface area contributed by atoms with E-state index < -0.39 is 0 Å². The first-order valence-corrected chi connectivity index (χ1v) is 5.67. The molecule has 2 atom stereocenters. The van der Waals surface area contributed by atoms with Crippen LogP contribution in [0, 0.1) is 17.8 Å². The Bertz CT molecular complexity index is 386. The zero-order chi connectivity index (χ0) is 10.4. The number of carbonyl (C=O) groups excluding carboxylic acids is 1. The lowest BCUT2D eigenvalue weighted by atomic mass is 10.0. The highest BCUT2D eigenvalue weighted by Crippen LogP contribution is 2.58. The summed E-state index contributed by atoms with van der Waals surface area (Å²) in [6, 6.07) is 7.33. The number of fused-ring (bicyclic) bond motifs is 1. The predicted octanol–water partition coefficient (Wildman–Crippen LogP) is 2.50. The summed E-state index contributed by atoms with van der Waals surface area (Å²) in [7, 11) is 0. The van der Waals surface area contributed by atoms with E-state index in [1.54, 1.807) is 0 Å². The monoisotopic (exact) mass is 201 g/mol. The molecule has 0 amide bonds. The van der Waals surface area contributed by atoms with Crippen LogP contribution in [0.4, 0.5) is 5.69 Å². The lowest BCUT2D eigenvalue weighted by Crippen LogP contribution is -2.06. The Morgan fingerprint density at radius 1 is 1.13 bits per heavy atom. The van der Waals surface area contributed by atoms with E-state index in [1.165, 1.54) is 19.3 Å². The van der Waals surface area contributed by atoms with Crippen LogP contribution in [-0.4, -0.2) is 5.78 Å². The molecule has 2 N–H and O–H groups in total. The molecule has 0 saturated heterocycles. The van der Waals surface area contributed by atoms with E-state index >= 15 is 0 Å². The number of benzene rings is 1. The molecular formula is C13H15NO. The van der Waals surface area contributed by atoms with Gasteiger partial charge in [0, 0.05) is 17.2 Å². The predicted molar refractivity (Wildman–Crippen MR) is 59.5 cm³/mol. The Morgan fingerprint density at radius 3 is 2.33 bits per heavy atom. The fourth-order valence-electron chi connectivity index (χ4n) is 3.05. The molecule has 2 aliphatic carbocycles. The maximum atomic E-state index is 12.1. The minimum Gasteiger partial charge on any atom is -0.399 e. The molecule has 78 valence electrons. The number of carbonyl (C=O) groups is 1. The summed E-state index contributed by atoms with van der Waals surface area (Å²) < 4.78 is 0.